The molecule has 0 aromatic heterocycles. The zero-order chi connectivity index (χ0) is 13.8. The molecule has 1 nitrogen and oxygen atoms in total. The summed E-state index contributed by atoms with van der Waals surface area (Å²) >= 11 is 3.21. The largest absolute Gasteiger partial charge is 0.433 e. The Morgan fingerprint density at radius 1 is 1.11 bits per heavy atom. The first-order valence-electron chi connectivity index (χ1n) is 5.42. The summed E-state index contributed by atoms with van der Waals surface area (Å²) in [5, 5.41) is 0. The summed E-state index contributed by atoms with van der Waals surface area (Å²) in [6.45, 7) is -2.87. The first-order chi connectivity index (χ1) is 9.11. The van der Waals surface area contributed by atoms with Crippen molar-refractivity contribution >= 4 is 15.9 Å². The molecule has 0 heterocycles. The molecule has 0 atom stereocenters. The number of hydrogen-bond donors (Lipinski definition) is 0. The minimum atomic E-state index is -2.87. The number of terminal acetylenes is 1. The average molecular weight is 323 g/mol. The topological polar surface area (TPSA) is 9.23 Å². The van der Waals surface area contributed by atoms with Crippen LogP contribution in [0.2, 0.25) is 0 Å². The number of rotatable bonds is 3. The minimum absolute atomic E-state index is 0.117. The third kappa shape index (κ3) is 3.12. The molecule has 4 heteroatoms. The number of halogens is 3. The number of para-hydroxylation sites is 1. The van der Waals surface area contributed by atoms with Crippen molar-refractivity contribution in [2.75, 3.05) is 0 Å². The second kappa shape index (κ2) is 5.85. The molecule has 0 aliphatic carbocycles. The maximum absolute atomic E-state index is 12.4. The Balaban J connectivity index is 2.48. The summed E-state index contributed by atoms with van der Waals surface area (Å²) in [7, 11) is 0. The molecule has 0 radical (unpaired) electrons. The Bertz CT molecular complexity index is 615. The molecule has 0 amide bonds. The normalized spacial score (nSPS) is 10.3. The van der Waals surface area contributed by atoms with Gasteiger partial charge in [0.05, 0.1) is 4.47 Å². The molecule has 2 aromatic carbocycles. The summed E-state index contributed by atoms with van der Waals surface area (Å²) < 4.78 is 29.9. The molecular weight excluding hydrogens is 314 g/mol. The number of alkyl halides is 2. The van der Waals surface area contributed by atoms with Gasteiger partial charge >= 0.3 is 6.61 Å². The quantitative estimate of drug-likeness (QED) is 0.744. The summed E-state index contributed by atoms with van der Waals surface area (Å²) in [5.41, 5.74) is 2.07. The molecule has 0 aliphatic rings. The van der Waals surface area contributed by atoms with Gasteiger partial charge in [-0.25, -0.2) is 0 Å². The van der Waals surface area contributed by atoms with Crippen LogP contribution in [-0.4, -0.2) is 6.61 Å². The maximum Gasteiger partial charge on any atom is 0.387 e. The van der Waals surface area contributed by atoms with Crippen LogP contribution in [0, 0.1) is 12.3 Å². The molecule has 2 aromatic rings. The van der Waals surface area contributed by atoms with Crippen LogP contribution < -0.4 is 4.74 Å². The minimum Gasteiger partial charge on any atom is -0.433 e. The Labute approximate surface area is 118 Å². The molecular formula is C15H9BrF2O. The summed E-state index contributed by atoms with van der Waals surface area (Å²) in [5.74, 6) is 2.62. The summed E-state index contributed by atoms with van der Waals surface area (Å²) in [4.78, 5) is 0. The third-order valence-electron chi connectivity index (χ3n) is 2.54. The van der Waals surface area contributed by atoms with Gasteiger partial charge in [0.25, 0.3) is 0 Å². The molecule has 0 spiro atoms. The lowest BCUT2D eigenvalue weighted by molar-refractivity contribution is -0.0499. The van der Waals surface area contributed by atoms with Crippen LogP contribution in [-0.2, 0) is 0 Å². The zero-order valence-electron chi connectivity index (χ0n) is 9.74. The average Bonchev–Trinajstić information content (AvgIpc) is 2.41. The smallest absolute Gasteiger partial charge is 0.387 e. The lowest BCUT2D eigenvalue weighted by Crippen LogP contribution is -2.03. The Morgan fingerprint density at radius 3 is 2.37 bits per heavy atom. The fourth-order valence-corrected chi connectivity index (χ4v) is 2.15. The first-order valence-corrected chi connectivity index (χ1v) is 6.21. The molecule has 0 bridgehead atoms. The third-order valence-corrected chi connectivity index (χ3v) is 3.16. The van der Waals surface area contributed by atoms with Gasteiger partial charge in [0, 0.05) is 11.1 Å². The van der Waals surface area contributed by atoms with Gasteiger partial charge in [-0.3, -0.25) is 0 Å². The van der Waals surface area contributed by atoms with Crippen molar-refractivity contribution in [3.8, 4) is 29.2 Å². The highest BCUT2D eigenvalue weighted by atomic mass is 79.9. The van der Waals surface area contributed by atoms with E-state index in [9.17, 15) is 8.78 Å². The van der Waals surface area contributed by atoms with E-state index in [0.29, 0.717) is 10.0 Å². The van der Waals surface area contributed by atoms with Crippen molar-refractivity contribution in [1.29, 1.82) is 0 Å². The van der Waals surface area contributed by atoms with Crippen LogP contribution >= 0.6 is 15.9 Å². The number of benzene rings is 2. The van der Waals surface area contributed by atoms with Gasteiger partial charge in [-0.05, 0) is 39.7 Å². The second-order valence-electron chi connectivity index (χ2n) is 3.72. The van der Waals surface area contributed by atoms with Gasteiger partial charge in [0.15, 0.2) is 0 Å². The van der Waals surface area contributed by atoms with E-state index in [1.807, 2.05) is 0 Å². The highest BCUT2D eigenvalue weighted by Gasteiger charge is 2.14. The van der Waals surface area contributed by atoms with E-state index in [2.05, 4.69) is 26.6 Å². The molecule has 0 saturated carbocycles. The van der Waals surface area contributed by atoms with E-state index in [-0.39, 0.29) is 5.75 Å². The molecule has 0 fully saturated rings. The van der Waals surface area contributed by atoms with Crippen LogP contribution in [0.3, 0.4) is 0 Å². The Hall–Kier alpha value is -1.86. The summed E-state index contributed by atoms with van der Waals surface area (Å²) in [6.07, 6.45) is 5.28. The van der Waals surface area contributed by atoms with Crippen molar-refractivity contribution < 1.29 is 13.5 Å². The predicted molar refractivity (Wildman–Crippen MR) is 74.1 cm³/mol. The van der Waals surface area contributed by atoms with Crippen LogP contribution in [0.25, 0.3) is 11.1 Å². The maximum atomic E-state index is 12.4. The van der Waals surface area contributed by atoms with Gasteiger partial charge in [0.1, 0.15) is 5.75 Å². The van der Waals surface area contributed by atoms with Crippen molar-refractivity contribution in [2.45, 2.75) is 6.61 Å². The van der Waals surface area contributed by atoms with E-state index in [0.717, 1.165) is 11.1 Å². The monoisotopic (exact) mass is 322 g/mol. The Kier molecular flexibility index (Phi) is 4.18. The van der Waals surface area contributed by atoms with Crippen molar-refractivity contribution in [3.05, 3.63) is 52.5 Å². The van der Waals surface area contributed by atoms with Gasteiger partial charge in [0.2, 0.25) is 0 Å². The van der Waals surface area contributed by atoms with Crippen LogP contribution in [0.1, 0.15) is 5.56 Å². The zero-order valence-corrected chi connectivity index (χ0v) is 11.3. The van der Waals surface area contributed by atoms with Gasteiger partial charge < -0.3 is 4.74 Å². The van der Waals surface area contributed by atoms with Crippen LogP contribution in [0.5, 0.6) is 5.75 Å². The predicted octanol–water partition coefficient (Wildman–Crippen LogP) is 4.70. The molecule has 2 rings (SSSR count). The van der Waals surface area contributed by atoms with E-state index in [4.69, 9.17) is 6.42 Å². The Morgan fingerprint density at radius 2 is 1.79 bits per heavy atom. The van der Waals surface area contributed by atoms with Gasteiger partial charge in [-0.15, -0.1) is 6.42 Å². The fraction of sp³-hybridized carbons (Fsp3) is 0.0667. The van der Waals surface area contributed by atoms with E-state index >= 15 is 0 Å². The lowest BCUT2D eigenvalue weighted by Gasteiger charge is -2.12. The molecule has 0 saturated heterocycles. The molecule has 0 N–H and O–H groups in total. The van der Waals surface area contributed by atoms with E-state index in [1.165, 1.54) is 0 Å². The number of ether oxygens (including phenoxy) is 1. The first kappa shape index (κ1) is 13.6. The highest BCUT2D eigenvalue weighted by Crippen LogP contribution is 2.37. The van der Waals surface area contributed by atoms with E-state index < -0.39 is 6.61 Å². The van der Waals surface area contributed by atoms with Gasteiger partial charge in [-0.2, -0.15) is 8.78 Å². The molecule has 0 aliphatic heterocycles. The SMILES string of the molecule is C#Cc1ccc(-c2cccc(Br)c2OC(F)F)cc1. The second-order valence-corrected chi connectivity index (χ2v) is 4.57. The van der Waals surface area contributed by atoms with Crippen molar-refractivity contribution in [2.24, 2.45) is 0 Å². The van der Waals surface area contributed by atoms with Crippen LogP contribution in [0.4, 0.5) is 8.78 Å². The molecule has 96 valence electrons. The standard InChI is InChI=1S/C15H9BrF2O/c1-2-10-6-8-11(9-7-10)12-4-3-5-13(16)14(12)19-15(17)18/h1,3-9,15H. The molecule has 0 unspecified atom stereocenters. The van der Waals surface area contributed by atoms with Gasteiger partial charge in [-0.1, -0.05) is 30.2 Å². The fourth-order valence-electron chi connectivity index (χ4n) is 1.69. The lowest BCUT2D eigenvalue weighted by atomic mass is 10.0. The number of hydrogen-bond acceptors (Lipinski definition) is 1. The van der Waals surface area contributed by atoms with Crippen molar-refractivity contribution in [1.82, 2.24) is 0 Å². The van der Waals surface area contributed by atoms with Crippen LogP contribution in [0.15, 0.2) is 46.9 Å². The van der Waals surface area contributed by atoms with E-state index in [1.54, 1.807) is 42.5 Å². The highest BCUT2D eigenvalue weighted by molar-refractivity contribution is 9.10. The molecule has 19 heavy (non-hydrogen) atoms. The van der Waals surface area contributed by atoms with Crippen molar-refractivity contribution in [3.63, 3.8) is 0 Å². The summed E-state index contributed by atoms with van der Waals surface area (Å²) in [6, 6.07) is 12.2.